The summed E-state index contributed by atoms with van der Waals surface area (Å²) in [6.45, 7) is 1.83. The molecule has 2 aromatic rings. The number of halogens is 2. The van der Waals surface area contributed by atoms with Crippen molar-refractivity contribution in [1.82, 2.24) is 9.21 Å². The van der Waals surface area contributed by atoms with E-state index >= 15 is 0 Å². The molecule has 2 atom stereocenters. The Morgan fingerprint density at radius 1 is 1.21 bits per heavy atom. The molecule has 0 aliphatic carbocycles. The summed E-state index contributed by atoms with van der Waals surface area (Å²) in [4.78, 5) is 2.10. The number of β-amino-alcohol motifs (C(OH)–C–C–N with tert-alkyl or cyclic N) is 1. The highest BCUT2D eigenvalue weighted by molar-refractivity contribution is 7.88. The Balaban J connectivity index is 1.85. The summed E-state index contributed by atoms with van der Waals surface area (Å²) in [6.07, 6.45) is 0.351. The molecule has 0 saturated carbocycles. The standard InChI is InChI=1S/C20H24Cl2N2O3S/c1-23(28(26,27)14-16-7-8-17(21)11-19(16)22)20(15-5-3-2-4-6-15)13-24-10-9-18(25)12-24/h2-8,11,18,20,25H,9-10,12-14H2,1H3. The van der Waals surface area contributed by atoms with E-state index in [2.05, 4.69) is 4.90 Å². The van der Waals surface area contributed by atoms with Gasteiger partial charge in [-0.05, 0) is 29.7 Å². The first-order valence-corrected chi connectivity index (χ1v) is 11.5. The molecule has 1 heterocycles. The van der Waals surface area contributed by atoms with Crippen LogP contribution >= 0.6 is 23.2 Å². The fraction of sp³-hybridized carbons (Fsp3) is 0.400. The van der Waals surface area contributed by atoms with Gasteiger partial charge in [0.15, 0.2) is 0 Å². The van der Waals surface area contributed by atoms with Gasteiger partial charge in [0.1, 0.15) is 0 Å². The van der Waals surface area contributed by atoms with E-state index in [-0.39, 0.29) is 17.9 Å². The summed E-state index contributed by atoms with van der Waals surface area (Å²) >= 11 is 12.1. The molecule has 3 rings (SSSR count). The van der Waals surface area contributed by atoms with Crippen LogP contribution in [0.1, 0.15) is 23.6 Å². The maximum atomic E-state index is 13.2. The molecule has 1 fully saturated rings. The second-order valence-corrected chi connectivity index (χ2v) is 10.0. The van der Waals surface area contributed by atoms with Gasteiger partial charge in [-0.3, -0.25) is 4.90 Å². The number of hydrogen-bond donors (Lipinski definition) is 1. The lowest BCUT2D eigenvalue weighted by Crippen LogP contribution is -2.39. The van der Waals surface area contributed by atoms with Crippen LogP contribution in [0.5, 0.6) is 0 Å². The molecule has 2 unspecified atom stereocenters. The molecule has 0 bridgehead atoms. The van der Waals surface area contributed by atoms with Crippen molar-refractivity contribution in [3.8, 4) is 0 Å². The number of likely N-dealkylation sites (N-methyl/N-ethyl adjacent to an activating group) is 1. The van der Waals surface area contributed by atoms with Gasteiger partial charge in [0.2, 0.25) is 10.0 Å². The molecular weight excluding hydrogens is 419 g/mol. The van der Waals surface area contributed by atoms with Crippen LogP contribution in [0, 0.1) is 0 Å². The van der Waals surface area contributed by atoms with Crippen LogP contribution in [0.4, 0.5) is 0 Å². The monoisotopic (exact) mass is 442 g/mol. The number of benzene rings is 2. The molecule has 0 aromatic heterocycles. The number of aliphatic hydroxyl groups excluding tert-OH is 1. The number of aliphatic hydroxyl groups is 1. The summed E-state index contributed by atoms with van der Waals surface area (Å²) in [5.74, 6) is -0.203. The van der Waals surface area contributed by atoms with Gasteiger partial charge < -0.3 is 5.11 Å². The fourth-order valence-electron chi connectivity index (χ4n) is 3.46. The Labute approximate surface area is 176 Å². The molecule has 28 heavy (non-hydrogen) atoms. The number of hydrogen-bond acceptors (Lipinski definition) is 4. The van der Waals surface area contributed by atoms with Crippen LogP contribution in [-0.2, 0) is 15.8 Å². The van der Waals surface area contributed by atoms with Crippen molar-refractivity contribution in [2.45, 2.75) is 24.3 Å². The van der Waals surface area contributed by atoms with Gasteiger partial charge >= 0.3 is 0 Å². The van der Waals surface area contributed by atoms with E-state index in [0.717, 1.165) is 12.1 Å². The normalized spacial score (nSPS) is 19.2. The van der Waals surface area contributed by atoms with Crippen molar-refractivity contribution in [3.05, 3.63) is 69.7 Å². The molecule has 1 aliphatic heterocycles. The third kappa shape index (κ3) is 5.26. The van der Waals surface area contributed by atoms with Crippen molar-refractivity contribution in [2.75, 3.05) is 26.7 Å². The van der Waals surface area contributed by atoms with Crippen LogP contribution in [0.3, 0.4) is 0 Å². The lowest BCUT2D eigenvalue weighted by Gasteiger charge is -2.31. The molecule has 1 aliphatic rings. The maximum absolute atomic E-state index is 13.2. The van der Waals surface area contributed by atoms with E-state index in [1.165, 1.54) is 4.31 Å². The van der Waals surface area contributed by atoms with E-state index in [9.17, 15) is 13.5 Å². The van der Waals surface area contributed by atoms with E-state index in [1.807, 2.05) is 30.3 Å². The van der Waals surface area contributed by atoms with Crippen molar-refractivity contribution in [2.24, 2.45) is 0 Å². The molecule has 0 spiro atoms. The zero-order valence-corrected chi connectivity index (χ0v) is 18.0. The molecule has 8 heteroatoms. The first-order valence-electron chi connectivity index (χ1n) is 9.11. The third-order valence-corrected chi connectivity index (χ3v) is 7.49. The number of likely N-dealkylation sites (tertiary alicyclic amines) is 1. The quantitative estimate of drug-likeness (QED) is 0.711. The largest absolute Gasteiger partial charge is 0.392 e. The van der Waals surface area contributed by atoms with Gasteiger partial charge in [-0.2, -0.15) is 4.31 Å². The third-order valence-electron chi connectivity index (χ3n) is 5.09. The second-order valence-electron chi connectivity index (χ2n) is 7.14. The summed E-state index contributed by atoms with van der Waals surface area (Å²) in [7, 11) is -2.03. The highest BCUT2D eigenvalue weighted by Crippen LogP contribution is 2.29. The minimum absolute atomic E-state index is 0.203. The van der Waals surface area contributed by atoms with Gasteiger partial charge in [0, 0.05) is 36.7 Å². The predicted octanol–water partition coefficient (Wildman–Crippen LogP) is 3.56. The van der Waals surface area contributed by atoms with Gasteiger partial charge in [-0.25, -0.2) is 8.42 Å². The second kappa shape index (κ2) is 9.11. The average molecular weight is 443 g/mol. The lowest BCUT2D eigenvalue weighted by molar-refractivity contribution is 0.167. The van der Waals surface area contributed by atoms with Crippen molar-refractivity contribution in [3.63, 3.8) is 0 Å². The molecule has 5 nitrogen and oxygen atoms in total. The Morgan fingerprint density at radius 2 is 1.93 bits per heavy atom. The lowest BCUT2D eigenvalue weighted by atomic mass is 10.1. The minimum atomic E-state index is -3.63. The molecule has 1 saturated heterocycles. The summed E-state index contributed by atoms with van der Waals surface area (Å²) in [5.41, 5.74) is 1.43. The molecule has 2 aromatic carbocycles. The zero-order chi connectivity index (χ0) is 20.3. The van der Waals surface area contributed by atoms with E-state index in [4.69, 9.17) is 23.2 Å². The molecule has 0 radical (unpaired) electrons. The Kier molecular flexibility index (Phi) is 7.02. The van der Waals surface area contributed by atoms with Gasteiger partial charge in [-0.15, -0.1) is 0 Å². The topological polar surface area (TPSA) is 60.9 Å². The van der Waals surface area contributed by atoms with Crippen LogP contribution in [0.15, 0.2) is 48.5 Å². The van der Waals surface area contributed by atoms with Crippen molar-refractivity contribution in [1.29, 1.82) is 0 Å². The molecule has 152 valence electrons. The van der Waals surface area contributed by atoms with Crippen LogP contribution < -0.4 is 0 Å². The van der Waals surface area contributed by atoms with Crippen molar-refractivity contribution >= 4 is 33.2 Å². The number of nitrogens with zero attached hydrogens (tertiary/aromatic N) is 2. The average Bonchev–Trinajstić information content (AvgIpc) is 3.07. The predicted molar refractivity (Wildman–Crippen MR) is 113 cm³/mol. The van der Waals surface area contributed by atoms with E-state index < -0.39 is 10.0 Å². The van der Waals surface area contributed by atoms with E-state index in [0.29, 0.717) is 35.1 Å². The summed E-state index contributed by atoms with van der Waals surface area (Å²) in [5, 5.41) is 10.6. The zero-order valence-electron chi connectivity index (χ0n) is 15.6. The highest BCUT2D eigenvalue weighted by Gasteiger charge is 2.31. The Morgan fingerprint density at radius 3 is 2.54 bits per heavy atom. The molecule has 1 N–H and O–H groups in total. The molecular formula is C20H24Cl2N2O3S. The van der Waals surface area contributed by atoms with E-state index in [1.54, 1.807) is 25.2 Å². The Hall–Kier alpha value is -1.15. The first kappa shape index (κ1) is 21.6. The summed E-state index contributed by atoms with van der Waals surface area (Å²) in [6, 6.07) is 14.0. The smallest absolute Gasteiger partial charge is 0.218 e. The fourth-order valence-corrected chi connectivity index (χ4v) is 5.44. The van der Waals surface area contributed by atoms with Crippen LogP contribution in [0.25, 0.3) is 0 Å². The van der Waals surface area contributed by atoms with Crippen LogP contribution in [0.2, 0.25) is 10.0 Å². The van der Waals surface area contributed by atoms with Crippen molar-refractivity contribution < 1.29 is 13.5 Å². The highest BCUT2D eigenvalue weighted by atomic mass is 35.5. The number of rotatable bonds is 7. The maximum Gasteiger partial charge on any atom is 0.218 e. The minimum Gasteiger partial charge on any atom is -0.392 e. The van der Waals surface area contributed by atoms with Gasteiger partial charge in [-0.1, -0.05) is 59.6 Å². The van der Waals surface area contributed by atoms with Crippen LogP contribution in [-0.4, -0.2) is 55.5 Å². The van der Waals surface area contributed by atoms with Gasteiger partial charge in [0.25, 0.3) is 0 Å². The Bertz CT molecular complexity index is 909. The summed E-state index contributed by atoms with van der Waals surface area (Å²) < 4.78 is 27.7. The first-order chi connectivity index (χ1) is 13.3. The number of sulfonamides is 1. The molecule has 0 amide bonds. The van der Waals surface area contributed by atoms with Gasteiger partial charge in [0.05, 0.1) is 17.9 Å². The SMILES string of the molecule is CN(C(CN1CCC(O)C1)c1ccccc1)S(=O)(=O)Cc1ccc(Cl)cc1Cl.